The number of fused-ring (bicyclic) bond motifs is 1. The van der Waals surface area contributed by atoms with E-state index in [1.807, 2.05) is 36.1 Å². The number of halogens is 1. The monoisotopic (exact) mass is 367 g/mol. The summed E-state index contributed by atoms with van der Waals surface area (Å²) in [6, 6.07) is 3.18. The van der Waals surface area contributed by atoms with E-state index in [1.165, 1.54) is 18.7 Å². The maximum atomic E-state index is 13.7. The topological polar surface area (TPSA) is 81.7 Å². The molecule has 1 fully saturated rings. The summed E-state index contributed by atoms with van der Waals surface area (Å²) in [5.74, 6) is -2.81. The Morgan fingerprint density at radius 1 is 1.44 bits per heavy atom. The number of rotatable bonds is 6. The van der Waals surface area contributed by atoms with Gasteiger partial charge in [0, 0.05) is 28.7 Å². The Balaban J connectivity index is 1.88. The van der Waals surface area contributed by atoms with E-state index in [0.29, 0.717) is 5.57 Å². The first-order chi connectivity index (χ1) is 11.9. The van der Waals surface area contributed by atoms with Crippen molar-refractivity contribution in [1.29, 1.82) is 0 Å². The van der Waals surface area contributed by atoms with Crippen LogP contribution in [0.5, 0.6) is 0 Å². The molecule has 134 valence electrons. The van der Waals surface area contributed by atoms with E-state index in [2.05, 4.69) is 0 Å². The van der Waals surface area contributed by atoms with Gasteiger partial charge in [0.25, 0.3) is 0 Å². The molecule has 0 saturated carbocycles. The number of aliphatic hydroxyl groups is 1. The average molecular weight is 367 g/mol. The maximum absolute atomic E-state index is 13.7. The molecule has 0 unspecified atom stereocenters. The van der Waals surface area contributed by atoms with Crippen molar-refractivity contribution in [3.8, 4) is 0 Å². The van der Waals surface area contributed by atoms with Crippen LogP contribution in [0.2, 0.25) is 0 Å². The number of thioether (sulfide) groups is 1. The minimum Gasteiger partial charge on any atom is -0.477 e. The number of aliphatic carboxylic acids is 1. The lowest BCUT2D eigenvalue weighted by molar-refractivity contribution is -0.671. The molecule has 8 heteroatoms. The highest BCUT2D eigenvalue weighted by molar-refractivity contribution is 7.99. The fourth-order valence-corrected chi connectivity index (χ4v) is 4.58. The quantitative estimate of drug-likeness (QED) is 0.441. The first-order valence-electron chi connectivity index (χ1n) is 7.98. The number of hydrogen-bond donors (Lipinski definition) is 2. The van der Waals surface area contributed by atoms with Crippen LogP contribution in [0.4, 0.5) is 4.39 Å². The van der Waals surface area contributed by atoms with E-state index in [1.54, 1.807) is 0 Å². The third-order valence-corrected chi connectivity index (χ3v) is 5.89. The fourth-order valence-electron chi connectivity index (χ4n) is 3.59. The molecule has 0 radical (unpaired) electrons. The first kappa shape index (κ1) is 17.9. The molecule has 0 bridgehead atoms. The normalized spacial score (nSPS) is 26.5. The number of hydrogen-bond acceptors (Lipinski definition) is 4. The van der Waals surface area contributed by atoms with Crippen molar-refractivity contribution in [2.24, 2.45) is 18.9 Å². The van der Waals surface area contributed by atoms with Gasteiger partial charge < -0.3 is 15.1 Å². The first-order valence-corrected chi connectivity index (χ1v) is 8.97. The number of carboxylic acid groups (broad SMARTS) is 1. The van der Waals surface area contributed by atoms with E-state index in [4.69, 9.17) is 0 Å². The van der Waals surface area contributed by atoms with Crippen molar-refractivity contribution < 1.29 is 28.8 Å². The smallest absolute Gasteiger partial charge is 0.352 e. The number of aromatic nitrogens is 1. The number of pyridine rings is 1. The molecule has 1 aromatic heterocycles. The molecule has 0 spiro atoms. The van der Waals surface area contributed by atoms with Crippen molar-refractivity contribution in [3.05, 3.63) is 35.8 Å². The van der Waals surface area contributed by atoms with Gasteiger partial charge in [0.05, 0.1) is 24.7 Å². The molecule has 6 nitrogen and oxygen atoms in total. The Bertz CT molecular complexity index is 735. The SMILES string of the molecule is C[C@@H](O)[C@H]1C(=O)N2C(C(=O)O)=C(CSc3cc[n+](C)cc3)[C@H](CF)[C@H]12. The molecule has 1 saturated heterocycles. The molecule has 4 atom stereocenters. The predicted octanol–water partition coefficient (Wildman–Crippen LogP) is 0.749. The van der Waals surface area contributed by atoms with Gasteiger partial charge in [0.2, 0.25) is 5.91 Å². The summed E-state index contributed by atoms with van der Waals surface area (Å²) in [4.78, 5) is 26.0. The number of aryl methyl sites for hydroxylation is 1. The van der Waals surface area contributed by atoms with Crippen LogP contribution in [0.25, 0.3) is 0 Å². The highest BCUT2D eigenvalue weighted by Crippen LogP contribution is 2.48. The van der Waals surface area contributed by atoms with E-state index < -0.39 is 42.5 Å². The standard InChI is InChI=1S/C17H19FN2O4S/c1-9(21)13-14-11(7-18)12(15(17(23)24)20(14)16(13)22)8-25-10-3-5-19(2)6-4-10/h3-6,9,11,13-14,21H,7-8H2,1-2H3/p+1/t9-,11+,13-,14-/m1/s1. The zero-order chi connectivity index (χ0) is 18.3. The lowest BCUT2D eigenvalue weighted by Gasteiger charge is -2.46. The zero-order valence-electron chi connectivity index (χ0n) is 13.9. The lowest BCUT2D eigenvalue weighted by atomic mass is 9.77. The summed E-state index contributed by atoms with van der Waals surface area (Å²) >= 11 is 1.41. The molecule has 2 aliphatic rings. The van der Waals surface area contributed by atoms with Crippen LogP contribution in [0.1, 0.15) is 6.92 Å². The summed E-state index contributed by atoms with van der Waals surface area (Å²) in [5.41, 5.74) is 0.304. The summed E-state index contributed by atoms with van der Waals surface area (Å²) < 4.78 is 15.6. The highest BCUT2D eigenvalue weighted by Gasteiger charge is 2.60. The van der Waals surface area contributed by atoms with Gasteiger partial charge in [-0.2, -0.15) is 0 Å². The third-order valence-electron chi connectivity index (χ3n) is 4.82. The Morgan fingerprint density at radius 3 is 2.60 bits per heavy atom. The molecule has 0 aromatic carbocycles. The van der Waals surface area contributed by atoms with Gasteiger partial charge in [-0.25, -0.2) is 9.36 Å². The van der Waals surface area contributed by atoms with Crippen LogP contribution in [-0.2, 0) is 16.6 Å². The van der Waals surface area contributed by atoms with Crippen molar-refractivity contribution in [3.63, 3.8) is 0 Å². The van der Waals surface area contributed by atoms with Crippen LogP contribution in [0, 0.1) is 11.8 Å². The Hall–Kier alpha value is -1.93. The van der Waals surface area contributed by atoms with E-state index >= 15 is 0 Å². The van der Waals surface area contributed by atoms with Gasteiger partial charge in [-0.15, -0.1) is 11.8 Å². The minimum absolute atomic E-state index is 0.122. The number of β-lactam (4-membered cyclic amide) rings is 1. The van der Waals surface area contributed by atoms with Gasteiger partial charge in [-0.05, 0) is 12.5 Å². The number of aliphatic hydroxyl groups excluding tert-OH is 1. The van der Waals surface area contributed by atoms with Crippen molar-refractivity contribution in [2.45, 2.75) is 24.0 Å². The minimum atomic E-state index is -1.23. The molecular formula is C17H20FN2O4S+. The molecule has 2 aliphatic heterocycles. The molecular weight excluding hydrogens is 347 g/mol. The second-order valence-corrected chi connectivity index (χ2v) is 7.44. The second-order valence-electron chi connectivity index (χ2n) is 6.39. The number of carboxylic acids is 1. The van der Waals surface area contributed by atoms with Crippen LogP contribution < -0.4 is 4.57 Å². The predicted molar refractivity (Wildman–Crippen MR) is 88.3 cm³/mol. The molecule has 2 N–H and O–H groups in total. The van der Waals surface area contributed by atoms with Gasteiger partial charge in [-0.1, -0.05) is 0 Å². The summed E-state index contributed by atoms with van der Waals surface area (Å²) in [5, 5.41) is 19.4. The van der Waals surface area contributed by atoms with E-state index in [-0.39, 0.29) is 11.4 Å². The molecule has 3 rings (SSSR count). The Labute approximate surface area is 148 Å². The Morgan fingerprint density at radius 2 is 2.08 bits per heavy atom. The largest absolute Gasteiger partial charge is 0.477 e. The van der Waals surface area contributed by atoms with Crippen molar-refractivity contribution in [1.82, 2.24) is 4.90 Å². The average Bonchev–Trinajstić information content (AvgIpc) is 2.83. The number of carbonyl (C=O) groups is 2. The molecule has 1 aromatic rings. The molecule has 3 heterocycles. The van der Waals surface area contributed by atoms with Gasteiger partial charge in [0.15, 0.2) is 12.4 Å². The van der Waals surface area contributed by atoms with E-state index in [9.17, 15) is 24.2 Å². The fraction of sp³-hybridized carbons (Fsp3) is 0.471. The van der Waals surface area contributed by atoms with Crippen LogP contribution in [-0.4, -0.2) is 51.6 Å². The zero-order valence-corrected chi connectivity index (χ0v) is 14.7. The summed E-state index contributed by atoms with van der Waals surface area (Å²) in [6.45, 7) is 0.723. The van der Waals surface area contributed by atoms with Crippen molar-refractivity contribution >= 4 is 23.6 Å². The maximum Gasteiger partial charge on any atom is 0.352 e. The number of alkyl halides is 1. The molecule has 25 heavy (non-hydrogen) atoms. The third kappa shape index (κ3) is 2.93. The number of amides is 1. The van der Waals surface area contributed by atoms with Gasteiger partial charge in [0.1, 0.15) is 12.7 Å². The number of nitrogens with zero attached hydrogens (tertiary/aromatic N) is 2. The molecule has 1 amide bonds. The Kier molecular flexibility index (Phi) is 4.83. The lowest BCUT2D eigenvalue weighted by Crippen LogP contribution is -2.64. The molecule has 0 aliphatic carbocycles. The van der Waals surface area contributed by atoms with Crippen LogP contribution >= 0.6 is 11.8 Å². The van der Waals surface area contributed by atoms with Crippen LogP contribution in [0.15, 0.2) is 40.7 Å². The van der Waals surface area contributed by atoms with E-state index in [0.717, 1.165) is 9.80 Å². The summed E-state index contributed by atoms with van der Waals surface area (Å²) in [7, 11) is 1.89. The van der Waals surface area contributed by atoms with Gasteiger partial charge in [-0.3, -0.25) is 9.18 Å². The van der Waals surface area contributed by atoms with Crippen LogP contribution in [0.3, 0.4) is 0 Å². The second kappa shape index (κ2) is 6.76. The number of carbonyl (C=O) groups excluding carboxylic acids is 1. The highest BCUT2D eigenvalue weighted by atomic mass is 32.2. The van der Waals surface area contributed by atoms with Gasteiger partial charge >= 0.3 is 5.97 Å². The van der Waals surface area contributed by atoms with Crippen molar-refractivity contribution in [2.75, 3.05) is 12.4 Å². The summed E-state index contributed by atoms with van der Waals surface area (Å²) in [6.07, 6.45) is 2.81.